The summed E-state index contributed by atoms with van der Waals surface area (Å²) in [6, 6.07) is 0. The van der Waals surface area contributed by atoms with E-state index in [1.165, 1.54) is 6.08 Å². The molecule has 88 valence electrons. The fourth-order valence-electron chi connectivity index (χ4n) is 0.726. The summed E-state index contributed by atoms with van der Waals surface area (Å²) in [5.74, 6) is 3.80. The van der Waals surface area contributed by atoms with Crippen LogP contribution in [0, 0.1) is 11.8 Å². The lowest BCUT2D eigenvalue weighted by atomic mass is 10.5. The summed E-state index contributed by atoms with van der Waals surface area (Å²) in [5, 5.41) is 2.71. The molecule has 0 saturated heterocycles. The molecule has 0 spiro atoms. The molecule has 0 radical (unpaired) electrons. The fraction of sp³-hybridized carbons (Fsp3) is 0.455. The summed E-state index contributed by atoms with van der Waals surface area (Å²) in [5.41, 5.74) is 0. The SMILES string of the molecule is C=CCOC(=O)C#CCNCC(=O)OCC. The molecule has 0 aliphatic heterocycles. The molecule has 0 saturated carbocycles. The first kappa shape index (κ1) is 14.2. The Morgan fingerprint density at radius 2 is 2.19 bits per heavy atom. The Bertz CT molecular complexity index is 301. The van der Waals surface area contributed by atoms with Crippen molar-refractivity contribution in [3.05, 3.63) is 12.7 Å². The number of esters is 2. The van der Waals surface area contributed by atoms with Gasteiger partial charge in [0.25, 0.3) is 0 Å². The van der Waals surface area contributed by atoms with E-state index in [1.807, 2.05) is 0 Å². The number of hydrogen-bond acceptors (Lipinski definition) is 5. The minimum atomic E-state index is -0.613. The second-order valence-corrected chi connectivity index (χ2v) is 2.60. The zero-order chi connectivity index (χ0) is 12.2. The highest BCUT2D eigenvalue weighted by Gasteiger charge is 1.98. The largest absolute Gasteiger partial charge is 0.465 e. The van der Waals surface area contributed by atoms with Crippen LogP contribution in [-0.2, 0) is 19.1 Å². The van der Waals surface area contributed by atoms with Crippen molar-refractivity contribution in [2.24, 2.45) is 0 Å². The quantitative estimate of drug-likeness (QED) is 0.224. The smallest absolute Gasteiger partial charge is 0.384 e. The van der Waals surface area contributed by atoms with E-state index in [1.54, 1.807) is 6.92 Å². The van der Waals surface area contributed by atoms with Gasteiger partial charge < -0.3 is 9.47 Å². The maximum Gasteiger partial charge on any atom is 0.384 e. The van der Waals surface area contributed by atoms with E-state index in [4.69, 9.17) is 0 Å². The van der Waals surface area contributed by atoms with Crippen molar-refractivity contribution in [2.45, 2.75) is 6.92 Å². The molecule has 16 heavy (non-hydrogen) atoms. The van der Waals surface area contributed by atoms with E-state index in [0.29, 0.717) is 6.61 Å². The zero-order valence-electron chi connectivity index (χ0n) is 9.25. The van der Waals surface area contributed by atoms with E-state index in [2.05, 4.69) is 33.2 Å². The van der Waals surface area contributed by atoms with Crippen LogP contribution in [0.4, 0.5) is 0 Å². The molecule has 0 heterocycles. The van der Waals surface area contributed by atoms with E-state index >= 15 is 0 Å². The third kappa shape index (κ3) is 8.78. The van der Waals surface area contributed by atoms with Crippen molar-refractivity contribution in [1.82, 2.24) is 5.32 Å². The van der Waals surface area contributed by atoms with Crippen LogP contribution in [0.15, 0.2) is 12.7 Å². The van der Waals surface area contributed by atoms with Crippen LogP contribution in [0.1, 0.15) is 6.92 Å². The fourth-order valence-corrected chi connectivity index (χ4v) is 0.726. The molecule has 5 heteroatoms. The van der Waals surface area contributed by atoms with Crippen LogP contribution in [-0.4, -0.2) is 38.2 Å². The van der Waals surface area contributed by atoms with E-state index in [0.717, 1.165) is 0 Å². The molecular weight excluding hydrogens is 210 g/mol. The first-order valence-corrected chi connectivity index (χ1v) is 4.83. The van der Waals surface area contributed by atoms with Gasteiger partial charge in [-0.25, -0.2) is 4.79 Å². The Hall–Kier alpha value is -1.80. The highest BCUT2D eigenvalue weighted by molar-refractivity contribution is 5.88. The summed E-state index contributed by atoms with van der Waals surface area (Å²) >= 11 is 0. The van der Waals surface area contributed by atoms with Crippen molar-refractivity contribution < 1.29 is 19.1 Å². The number of carbonyl (C=O) groups is 2. The van der Waals surface area contributed by atoms with Crippen molar-refractivity contribution >= 4 is 11.9 Å². The number of hydrogen-bond donors (Lipinski definition) is 1. The van der Waals surface area contributed by atoms with E-state index in [9.17, 15) is 9.59 Å². The van der Waals surface area contributed by atoms with Gasteiger partial charge in [0.05, 0.1) is 19.7 Å². The Balaban J connectivity index is 3.57. The van der Waals surface area contributed by atoms with Crippen molar-refractivity contribution in [1.29, 1.82) is 0 Å². The normalized spacial score (nSPS) is 8.56. The lowest BCUT2D eigenvalue weighted by molar-refractivity contribution is -0.142. The number of nitrogens with one attached hydrogen (secondary N) is 1. The average Bonchev–Trinajstić information content (AvgIpc) is 2.26. The van der Waals surface area contributed by atoms with Gasteiger partial charge >= 0.3 is 11.9 Å². The summed E-state index contributed by atoms with van der Waals surface area (Å²) in [6.45, 7) is 5.91. The Morgan fingerprint density at radius 3 is 2.81 bits per heavy atom. The van der Waals surface area contributed by atoms with E-state index < -0.39 is 5.97 Å². The monoisotopic (exact) mass is 225 g/mol. The van der Waals surface area contributed by atoms with Crippen molar-refractivity contribution in [3.8, 4) is 11.8 Å². The van der Waals surface area contributed by atoms with E-state index in [-0.39, 0.29) is 25.7 Å². The van der Waals surface area contributed by atoms with Gasteiger partial charge in [0, 0.05) is 5.92 Å². The van der Waals surface area contributed by atoms with Crippen LogP contribution in [0.2, 0.25) is 0 Å². The zero-order valence-corrected chi connectivity index (χ0v) is 9.25. The van der Waals surface area contributed by atoms with Gasteiger partial charge in [0.2, 0.25) is 0 Å². The molecule has 0 bridgehead atoms. The summed E-state index contributed by atoms with van der Waals surface area (Å²) < 4.78 is 9.28. The van der Waals surface area contributed by atoms with Gasteiger partial charge in [0.1, 0.15) is 6.61 Å². The lowest BCUT2D eigenvalue weighted by Gasteiger charge is -2.00. The molecule has 0 atom stereocenters. The maximum atomic E-state index is 10.8. The topological polar surface area (TPSA) is 64.6 Å². The van der Waals surface area contributed by atoms with Gasteiger partial charge in [-0.3, -0.25) is 10.1 Å². The van der Waals surface area contributed by atoms with Gasteiger partial charge in [-0.05, 0) is 6.92 Å². The number of rotatable bonds is 6. The first-order valence-electron chi connectivity index (χ1n) is 4.83. The predicted molar refractivity (Wildman–Crippen MR) is 58.4 cm³/mol. The third-order valence-electron chi connectivity index (χ3n) is 1.31. The molecule has 5 nitrogen and oxygen atoms in total. The Labute approximate surface area is 94.8 Å². The molecule has 0 rings (SSSR count). The molecule has 1 N–H and O–H groups in total. The molecule has 0 amide bonds. The third-order valence-corrected chi connectivity index (χ3v) is 1.31. The van der Waals surface area contributed by atoms with Crippen LogP contribution < -0.4 is 5.32 Å². The van der Waals surface area contributed by atoms with Gasteiger partial charge in [0.15, 0.2) is 0 Å². The molecule has 0 aliphatic carbocycles. The van der Waals surface area contributed by atoms with Gasteiger partial charge in [-0.15, -0.1) is 0 Å². The molecule has 0 aromatic heterocycles. The standard InChI is InChI=1S/C11H15NO4/c1-3-8-16-10(13)6-5-7-12-9-11(14)15-4-2/h3,12H,1,4,7-9H2,2H3. The minimum absolute atomic E-state index is 0.0736. The number of ether oxygens (including phenoxy) is 2. The predicted octanol–water partition coefficient (Wildman–Crippen LogP) is -0.128. The van der Waals surface area contributed by atoms with Crippen LogP contribution in [0.5, 0.6) is 0 Å². The van der Waals surface area contributed by atoms with Gasteiger partial charge in [-0.2, -0.15) is 0 Å². The Kier molecular flexibility index (Phi) is 8.65. The second-order valence-electron chi connectivity index (χ2n) is 2.60. The first-order chi connectivity index (χ1) is 7.70. The summed E-state index contributed by atoms with van der Waals surface area (Å²) in [7, 11) is 0. The van der Waals surface area contributed by atoms with Crippen molar-refractivity contribution in [3.63, 3.8) is 0 Å². The van der Waals surface area contributed by atoms with Gasteiger partial charge in [-0.1, -0.05) is 18.6 Å². The number of carbonyl (C=O) groups excluding carboxylic acids is 2. The minimum Gasteiger partial charge on any atom is -0.465 e. The highest BCUT2D eigenvalue weighted by atomic mass is 16.5. The maximum absolute atomic E-state index is 10.8. The van der Waals surface area contributed by atoms with Crippen LogP contribution in [0.3, 0.4) is 0 Å². The highest BCUT2D eigenvalue weighted by Crippen LogP contribution is 1.76. The Morgan fingerprint density at radius 1 is 1.44 bits per heavy atom. The van der Waals surface area contributed by atoms with Crippen LogP contribution in [0.25, 0.3) is 0 Å². The van der Waals surface area contributed by atoms with Crippen LogP contribution >= 0.6 is 0 Å². The lowest BCUT2D eigenvalue weighted by Crippen LogP contribution is -2.25. The molecule has 0 aromatic rings. The summed E-state index contributed by atoms with van der Waals surface area (Å²) in [6.07, 6.45) is 1.46. The summed E-state index contributed by atoms with van der Waals surface area (Å²) in [4.78, 5) is 21.7. The molecule has 0 fully saturated rings. The van der Waals surface area contributed by atoms with Crippen molar-refractivity contribution in [2.75, 3.05) is 26.3 Å². The molecule has 0 aromatic carbocycles. The molecular formula is C11H15NO4. The average molecular weight is 225 g/mol. The molecule has 0 unspecified atom stereocenters. The molecule has 0 aliphatic rings. The second kappa shape index (κ2) is 9.74.